The second kappa shape index (κ2) is 10.9. The zero-order valence-electron chi connectivity index (χ0n) is 22.7. The fraction of sp³-hybridized carbons (Fsp3) is 0.290. The highest BCUT2D eigenvalue weighted by molar-refractivity contribution is 5.94. The molecule has 6 nitrogen and oxygen atoms in total. The van der Waals surface area contributed by atoms with Gasteiger partial charge in [-0.15, -0.1) is 0 Å². The van der Waals surface area contributed by atoms with Gasteiger partial charge in [0.25, 0.3) is 18.3 Å². The van der Waals surface area contributed by atoms with E-state index in [1.165, 1.54) is 18.3 Å². The quantitative estimate of drug-likeness (QED) is 0.204. The number of aromatic nitrogens is 3. The van der Waals surface area contributed by atoms with Gasteiger partial charge in [0.1, 0.15) is 35.4 Å². The van der Waals surface area contributed by atoms with Crippen LogP contribution in [0.15, 0.2) is 54.7 Å². The number of hydrogen-bond acceptors (Lipinski definition) is 4. The third-order valence-electron chi connectivity index (χ3n) is 8.14. The number of nitrogens with zero attached hydrogens (tertiary/aromatic N) is 3. The SMILES string of the molecule is NC(=O)c1cc(-c2cccnc2[C@@H](CC(=O)Cn2nc(C(F)F)c3c2C(F)(F)[C@H]2C[C@@H]32)Cc2cc(F)cc(F)c2)ccc1F. The van der Waals surface area contributed by atoms with Gasteiger partial charge in [-0.1, -0.05) is 12.1 Å². The molecule has 0 aliphatic heterocycles. The first kappa shape index (κ1) is 29.5. The minimum absolute atomic E-state index is 0.0644. The van der Waals surface area contributed by atoms with Crippen LogP contribution >= 0.6 is 0 Å². The van der Waals surface area contributed by atoms with E-state index < -0.39 is 89.2 Å². The molecule has 2 aliphatic carbocycles. The summed E-state index contributed by atoms with van der Waals surface area (Å²) >= 11 is 0. The second-order valence-electron chi connectivity index (χ2n) is 11.1. The Balaban J connectivity index is 1.37. The molecule has 3 atom stereocenters. The number of halogens is 7. The Hall–Kier alpha value is -4.55. The van der Waals surface area contributed by atoms with Crippen molar-refractivity contribution in [3.63, 3.8) is 0 Å². The summed E-state index contributed by atoms with van der Waals surface area (Å²) < 4.78 is 101. The van der Waals surface area contributed by atoms with Gasteiger partial charge in [-0.2, -0.15) is 13.9 Å². The molecule has 228 valence electrons. The Labute approximate surface area is 245 Å². The van der Waals surface area contributed by atoms with E-state index in [1.54, 1.807) is 12.1 Å². The monoisotopic (exact) mass is 616 g/mol. The fourth-order valence-corrected chi connectivity index (χ4v) is 6.23. The van der Waals surface area contributed by atoms with E-state index in [0.717, 1.165) is 18.2 Å². The fourth-order valence-electron chi connectivity index (χ4n) is 6.23. The summed E-state index contributed by atoms with van der Waals surface area (Å²) in [6.07, 6.45) is -2.21. The topological polar surface area (TPSA) is 90.9 Å². The van der Waals surface area contributed by atoms with E-state index >= 15 is 8.78 Å². The van der Waals surface area contributed by atoms with Crippen molar-refractivity contribution >= 4 is 11.7 Å². The van der Waals surface area contributed by atoms with Gasteiger partial charge >= 0.3 is 0 Å². The number of alkyl halides is 4. The molecule has 2 N–H and O–H groups in total. The average Bonchev–Trinajstić information content (AvgIpc) is 3.61. The van der Waals surface area contributed by atoms with Gasteiger partial charge in [0.2, 0.25) is 0 Å². The van der Waals surface area contributed by atoms with Crippen LogP contribution < -0.4 is 5.73 Å². The van der Waals surface area contributed by atoms with Gasteiger partial charge in [-0.3, -0.25) is 19.3 Å². The van der Waals surface area contributed by atoms with Crippen molar-refractivity contribution < 1.29 is 40.3 Å². The van der Waals surface area contributed by atoms with Crippen LogP contribution in [0.25, 0.3) is 11.1 Å². The van der Waals surface area contributed by atoms with E-state index in [9.17, 15) is 31.5 Å². The summed E-state index contributed by atoms with van der Waals surface area (Å²) in [4.78, 5) is 29.6. The second-order valence-corrected chi connectivity index (χ2v) is 11.1. The summed E-state index contributed by atoms with van der Waals surface area (Å²) in [6.45, 7) is -0.747. The zero-order chi connectivity index (χ0) is 31.5. The molecular formula is C31H23F7N4O2. The van der Waals surface area contributed by atoms with Crippen LogP contribution in [0.3, 0.4) is 0 Å². The first-order valence-corrected chi connectivity index (χ1v) is 13.6. The predicted molar refractivity (Wildman–Crippen MR) is 143 cm³/mol. The number of pyridine rings is 1. The Kier molecular flexibility index (Phi) is 7.29. The first-order chi connectivity index (χ1) is 20.8. The molecule has 1 saturated carbocycles. The van der Waals surface area contributed by atoms with Crippen LogP contribution in [0.4, 0.5) is 30.7 Å². The lowest BCUT2D eigenvalue weighted by molar-refractivity contribution is -0.120. The first-order valence-electron chi connectivity index (χ1n) is 13.6. The number of Topliss-reactive ketones (excluding diaryl/α,β-unsaturated/α-hetero) is 1. The third-order valence-corrected chi connectivity index (χ3v) is 8.14. The van der Waals surface area contributed by atoms with E-state index in [0.29, 0.717) is 21.9 Å². The summed E-state index contributed by atoms with van der Waals surface area (Å²) in [7, 11) is 0. The van der Waals surface area contributed by atoms with Gasteiger partial charge in [0.15, 0.2) is 5.78 Å². The van der Waals surface area contributed by atoms with Crippen molar-refractivity contribution in [3.8, 4) is 11.1 Å². The molecular weight excluding hydrogens is 593 g/mol. The molecule has 0 bridgehead atoms. The lowest BCUT2D eigenvalue weighted by Crippen LogP contribution is -2.24. The Bertz CT molecular complexity index is 1790. The lowest BCUT2D eigenvalue weighted by atomic mass is 9.86. The summed E-state index contributed by atoms with van der Waals surface area (Å²) in [5.41, 5.74) is 4.26. The Morgan fingerprint density at radius 2 is 1.75 bits per heavy atom. The number of rotatable bonds is 10. The molecule has 2 aliphatic rings. The van der Waals surface area contributed by atoms with Crippen molar-refractivity contribution in [3.05, 3.63) is 106 Å². The largest absolute Gasteiger partial charge is 0.366 e. The number of amides is 1. The van der Waals surface area contributed by atoms with Crippen molar-refractivity contribution in [2.45, 2.75) is 50.0 Å². The highest BCUT2D eigenvalue weighted by Crippen LogP contribution is 2.68. The van der Waals surface area contributed by atoms with Gasteiger partial charge in [-0.25, -0.2) is 22.0 Å². The van der Waals surface area contributed by atoms with Crippen molar-refractivity contribution in [1.29, 1.82) is 0 Å². The summed E-state index contributed by atoms with van der Waals surface area (Å²) in [5.74, 6) is -10.5. The zero-order valence-corrected chi connectivity index (χ0v) is 22.7. The molecule has 0 unspecified atom stereocenters. The minimum atomic E-state index is -3.42. The molecule has 1 amide bonds. The maximum atomic E-state index is 15.1. The van der Waals surface area contributed by atoms with Crippen molar-refractivity contribution in [2.24, 2.45) is 11.7 Å². The molecule has 0 saturated heterocycles. The number of primary amides is 1. The maximum absolute atomic E-state index is 15.1. The van der Waals surface area contributed by atoms with E-state index in [2.05, 4.69) is 10.1 Å². The molecule has 6 rings (SSSR count). The molecule has 2 aromatic carbocycles. The number of carbonyl (C=O) groups excluding carboxylic acids is 2. The number of hydrogen-bond donors (Lipinski definition) is 1. The Morgan fingerprint density at radius 1 is 1.02 bits per heavy atom. The van der Waals surface area contributed by atoms with Crippen LogP contribution in [-0.2, 0) is 23.7 Å². The van der Waals surface area contributed by atoms with Gasteiger partial charge in [0.05, 0.1) is 11.3 Å². The van der Waals surface area contributed by atoms with Gasteiger partial charge < -0.3 is 5.73 Å². The highest BCUT2D eigenvalue weighted by Gasteiger charge is 2.67. The lowest BCUT2D eigenvalue weighted by Gasteiger charge is -2.21. The molecule has 44 heavy (non-hydrogen) atoms. The normalized spacial score (nSPS) is 18.6. The average molecular weight is 617 g/mol. The molecule has 1 fully saturated rings. The van der Waals surface area contributed by atoms with Crippen molar-refractivity contribution in [2.75, 3.05) is 0 Å². The molecule has 0 radical (unpaired) electrons. The smallest absolute Gasteiger partial charge is 0.293 e. The van der Waals surface area contributed by atoms with Gasteiger partial charge in [-0.05, 0) is 60.2 Å². The maximum Gasteiger partial charge on any atom is 0.293 e. The van der Waals surface area contributed by atoms with Crippen molar-refractivity contribution in [1.82, 2.24) is 14.8 Å². The number of fused-ring (bicyclic) bond motifs is 3. The standard InChI is InChI=1S/C31H23F7N4O2/c32-17-7-14(8-18(33)11-17)6-16(26-20(2-1-5-40-26)15-3-4-24(34)22(10-15)30(39)44)9-19(43)13-42-28-25(27(41-42)29(35)36)21-12-23(21)31(28,37)38/h1-5,7-8,10-11,16,21,23,29H,6,9,12-13H2,(H2,39,44)/t16-,21-,23+/m1/s1. The number of ketones is 1. The van der Waals surface area contributed by atoms with Crippen LogP contribution in [0.1, 0.15) is 69.7 Å². The molecule has 4 aromatic rings. The summed E-state index contributed by atoms with van der Waals surface area (Å²) in [6, 6.07) is 9.50. The molecule has 13 heteroatoms. The number of carbonyl (C=O) groups is 2. The van der Waals surface area contributed by atoms with Crippen LogP contribution in [0, 0.1) is 23.4 Å². The number of nitrogens with two attached hydrogens (primary N) is 1. The van der Waals surface area contributed by atoms with Crippen LogP contribution in [0.2, 0.25) is 0 Å². The predicted octanol–water partition coefficient (Wildman–Crippen LogP) is 6.59. The van der Waals surface area contributed by atoms with E-state index in [-0.39, 0.29) is 29.7 Å². The van der Waals surface area contributed by atoms with Crippen LogP contribution in [-0.4, -0.2) is 26.5 Å². The highest BCUT2D eigenvalue weighted by atomic mass is 19.3. The Morgan fingerprint density at radius 3 is 2.43 bits per heavy atom. The van der Waals surface area contributed by atoms with Gasteiger partial charge in [0, 0.05) is 41.6 Å². The van der Waals surface area contributed by atoms with Crippen LogP contribution in [0.5, 0.6) is 0 Å². The third kappa shape index (κ3) is 5.24. The van der Waals surface area contributed by atoms with E-state index in [1.807, 2.05) is 0 Å². The minimum Gasteiger partial charge on any atom is -0.366 e. The number of benzene rings is 2. The molecule has 2 heterocycles. The molecule has 2 aromatic heterocycles. The molecule has 0 spiro atoms. The summed E-state index contributed by atoms with van der Waals surface area (Å²) in [5, 5.41) is 3.70. The van der Waals surface area contributed by atoms with E-state index in [4.69, 9.17) is 5.73 Å².